The number of hydrogen-bond donors (Lipinski definition) is 0. The highest BCUT2D eigenvalue weighted by molar-refractivity contribution is 6.46. The summed E-state index contributed by atoms with van der Waals surface area (Å²) in [5.74, 6) is -4.76. The summed E-state index contributed by atoms with van der Waals surface area (Å²) in [4.78, 5) is 52.2. The largest absolute Gasteiger partial charge is 0.461 e. The zero-order valence-electron chi connectivity index (χ0n) is 19.3. The zero-order valence-corrected chi connectivity index (χ0v) is 19.3. The number of carbonyl (C=O) groups is 4. The lowest BCUT2D eigenvalue weighted by atomic mass is 9.87. The predicted molar refractivity (Wildman–Crippen MR) is 128 cm³/mol. The molecule has 0 N–H and O–H groups in total. The van der Waals surface area contributed by atoms with E-state index in [1.165, 1.54) is 0 Å². The number of nitrogens with zero attached hydrogens (tertiary/aromatic N) is 4. The van der Waals surface area contributed by atoms with Gasteiger partial charge >= 0.3 is 11.9 Å². The molecule has 10 heteroatoms. The second-order valence-electron chi connectivity index (χ2n) is 7.72. The first kappa shape index (κ1) is 23.8. The SMILES string of the molecule is CCOC(=O)C1=NN(c2ccccc2)C(=O)[C@H]1C[C@@H]1C(=O)N(c2ccccc2)N=C1C(=O)OCC. The summed E-state index contributed by atoms with van der Waals surface area (Å²) in [6.07, 6.45) is -0.195. The van der Waals surface area contributed by atoms with E-state index in [-0.39, 0.29) is 31.1 Å². The van der Waals surface area contributed by atoms with Gasteiger partial charge < -0.3 is 9.47 Å². The van der Waals surface area contributed by atoms with Gasteiger partial charge in [-0.05, 0) is 44.5 Å². The maximum atomic E-state index is 13.4. The molecule has 0 aromatic heterocycles. The Balaban J connectivity index is 1.68. The number of carbonyl (C=O) groups excluding carboxylic acids is 4. The van der Waals surface area contributed by atoms with Crippen LogP contribution in [0.25, 0.3) is 0 Å². The molecule has 0 saturated heterocycles. The van der Waals surface area contributed by atoms with E-state index in [0.29, 0.717) is 11.4 Å². The van der Waals surface area contributed by atoms with Crippen molar-refractivity contribution < 1.29 is 28.7 Å². The van der Waals surface area contributed by atoms with Crippen LogP contribution in [0.1, 0.15) is 20.3 Å². The Morgan fingerprint density at radius 2 is 1.09 bits per heavy atom. The van der Waals surface area contributed by atoms with Crippen molar-refractivity contribution in [2.24, 2.45) is 22.0 Å². The van der Waals surface area contributed by atoms with Crippen molar-refractivity contribution in [1.82, 2.24) is 0 Å². The van der Waals surface area contributed by atoms with Crippen molar-refractivity contribution in [2.45, 2.75) is 20.3 Å². The molecule has 35 heavy (non-hydrogen) atoms. The second-order valence-corrected chi connectivity index (χ2v) is 7.72. The Morgan fingerprint density at radius 3 is 1.43 bits per heavy atom. The molecule has 180 valence electrons. The Labute approximate surface area is 201 Å². The molecule has 0 spiro atoms. The number of amides is 2. The highest BCUT2D eigenvalue weighted by Gasteiger charge is 2.48. The number of rotatable bonds is 8. The quantitative estimate of drug-likeness (QED) is 0.541. The first-order valence-electron chi connectivity index (χ1n) is 11.3. The fraction of sp³-hybridized carbons (Fsp3) is 0.280. The molecule has 2 aromatic carbocycles. The highest BCUT2D eigenvalue weighted by atomic mass is 16.5. The van der Waals surface area contributed by atoms with Gasteiger partial charge in [0.1, 0.15) is 0 Å². The van der Waals surface area contributed by atoms with Gasteiger partial charge in [0.05, 0.1) is 36.4 Å². The van der Waals surface area contributed by atoms with Crippen LogP contribution in [-0.4, -0.2) is 48.4 Å². The van der Waals surface area contributed by atoms with Gasteiger partial charge in [0.2, 0.25) is 0 Å². The van der Waals surface area contributed by atoms with Gasteiger partial charge in [-0.3, -0.25) is 9.59 Å². The minimum Gasteiger partial charge on any atom is -0.461 e. The average Bonchev–Trinajstić information content (AvgIpc) is 3.38. The van der Waals surface area contributed by atoms with Crippen LogP contribution in [0.2, 0.25) is 0 Å². The van der Waals surface area contributed by atoms with Gasteiger partial charge in [-0.25, -0.2) is 9.59 Å². The van der Waals surface area contributed by atoms with Gasteiger partial charge in [0.25, 0.3) is 11.8 Å². The molecule has 2 aliphatic rings. The van der Waals surface area contributed by atoms with Gasteiger partial charge in [-0.2, -0.15) is 20.2 Å². The molecule has 2 amide bonds. The average molecular weight is 476 g/mol. The first-order chi connectivity index (χ1) is 17.0. The Kier molecular flexibility index (Phi) is 7.00. The molecule has 0 unspecified atom stereocenters. The predicted octanol–water partition coefficient (Wildman–Crippen LogP) is 2.54. The van der Waals surface area contributed by atoms with Crippen molar-refractivity contribution in [3.05, 3.63) is 60.7 Å². The highest BCUT2D eigenvalue weighted by Crippen LogP contribution is 2.33. The van der Waals surface area contributed by atoms with Crippen LogP contribution in [0.4, 0.5) is 11.4 Å². The summed E-state index contributed by atoms with van der Waals surface area (Å²) in [5, 5.41) is 10.7. The minimum absolute atomic E-state index is 0.0871. The maximum absolute atomic E-state index is 13.4. The van der Waals surface area contributed by atoms with Crippen LogP contribution in [-0.2, 0) is 28.7 Å². The number of para-hydroxylation sites is 2. The molecule has 2 aliphatic heterocycles. The van der Waals surface area contributed by atoms with E-state index in [1.54, 1.807) is 74.5 Å². The molecule has 4 rings (SSSR count). The van der Waals surface area contributed by atoms with Crippen molar-refractivity contribution >= 4 is 46.6 Å². The molecule has 0 aliphatic carbocycles. The fourth-order valence-corrected chi connectivity index (χ4v) is 3.93. The van der Waals surface area contributed by atoms with E-state index in [4.69, 9.17) is 9.47 Å². The van der Waals surface area contributed by atoms with E-state index in [9.17, 15) is 19.2 Å². The smallest absolute Gasteiger partial charge is 0.355 e. The van der Waals surface area contributed by atoms with Crippen LogP contribution in [0.3, 0.4) is 0 Å². The fourth-order valence-electron chi connectivity index (χ4n) is 3.93. The van der Waals surface area contributed by atoms with Crippen LogP contribution >= 0.6 is 0 Å². The Morgan fingerprint density at radius 1 is 0.714 bits per heavy atom. The molecule has 0 fully saturated rings. The monoisotopic (exact) mass is 476 g/mol. The van der Waals surface area contributed by atoms with Gasteiger partial charge in [-0.1, -0.05) is 36.4 Å². The van der Waals surface area contributed by atoms with Gasteiger partial charge in [0, 0.05) is 0 Å². The molecule has 0 saturated carbocycles. The van der Waals surface area contributed by atoms with Crippen molar-refractivity contribution in [1.29, 1.82) is 0 Å². The van der Waals surface area contributed by atoms with Crippen LogP contribution in [0, 0.1) is 11.8 Å². The van der Waals surface area contributed by atoms with Gasteiger partial charge in [-0.15, -0.1) is 0 Å². The maximum Gasteiger partial charge on any atom is 0.355 e. The topological polar surface area (TPSA) is 118 Å². The van der Waals surface area contributed by atoms with E-state index in [2.05, 4.69) is 10.2 Å². The summed E-state index contributed by atoms with van der Waals surface area (Å²) < 4.78 is 10.2. The summed E-state index contributed by atoms with van der Waals surface area (Å²) >= 11 is 0. The summed E-state index contributed by atoms with van der Waals surface area (Å²) in [7, 11) is 0. The molecule has 2 heterocycles. The molecular formula is C25H24N4O6. The number of esters is 2. The summed E-state index contributed by atoms with van der Waals surface area (Å²) in [6, 6.07) is 17.2. The third kappa shape index (κ3) is 4.68. The standard InChI is InChI=1S/C25H24N4O6/c1-3-34-24(32)20-18(22(30)28(26-20)16-11-7-5-8-12-16)15-19-21(25(33)35-4-2)27-29(23(19)31)17-13-9-6-10-14-17/h5-14,18-19H,3-4,15H2,1-2H3/t18-,19-/m0/s1. The molecule has 2 aromatic rings. The zero-order chi connectivity index (χ0) is 24.9. The van der Waals surface area contributed by atoms with E-state index in [1.807, 2.05) is 0 Å². The number of hydrogen-bond acceptors (Lipinski definition) is 8. The van der Waals surface area contributed by atoms with E-state index < -0.39 is 35.6 Å². The first-order valence-corrected chi connectivity index (χ1v) is 11.3. The number of hydrazone groups is 2. The summed E-state index contributed by atoms with van der Waals surface area (Å²) in [6.45, 7) is 3.46. The molecular weight excluding hydrogens is 452 g/mol. The third-order valence-electron chi connectivity index (χ3n) is 5.53. The lowest BCUT2D eigenvalue weighted by Crippen LogP contribution is -2.38. The Bertz CT molecular complexity index is 1100. The van der Waals surface area contributed by atoms with Crippen LogP contribution < -0.4 is 10.0 Å². The Hall–Kier alpha value is -4.34. The minimum atomic E-state index is -1.11. The van der Waals surface area contributed by atoms with E-state index >= 15 is 0 Å². The van der Waals surface area contributed by atoms with Crippen molar-refractivity contribution in [2.75, 3.05) is 23.2 Å². The molecule has 0 bridgehead atoms. The third-order valence-corrected chi connectivity index (χ3v) is 5.53. The summed E-state index contributed by atoms with van der Waals surface area (Å²) in [5.41, 5.74) is 0.666. The van der Waals surface area contributed by atoms with Gasteiger partial charge in [0.15, 0.2) is 11.4 Å². The molecule has 2 atom stereocenters. The lowest BCUT2D eigenvalue weighted by molar-refractivity contribution is -0.136. The number of ether oxygens (including phenoxy) is 2. The van der Waals surface area contributed by atoms with Crippen LogP contribution in [0.15, 0.2) is 70.9 Å². The number of benzene rings is 2. The van der Waals surface area contributed by atoms with Crippen molar-refractivity contribution in [3.8, 4) is 0 Å². The second kappa shape index (κ2) is 10.3. The van der Waals surface area contributed by atoms with Crippen LogP contribution in [0.5, 0.6) is 0 Å². The number of anilines is 2. The lowest BCUT2D eigenvalue weighted by Gasteiger charge is -2.18. The molecule has 10 nitrogen and oxygen atoms in total. The van der Waals surface area contributed by atoms with Crippen molar-refractivity contribution in [3.63, 3.8) is 0 Å². The molecule has 0 radical (unpaired) electrons. The normalized spacial score (nSPS) is 19.5. The van der Waals surface area contributed by atoms with E-state index in [0.717, 1.165) is 10.0 Å².